The molecule has 6 heteroatoms. The Morgan fingerprint density at radius 1 is 0.577 bits per heavy atom. The fourth-order valence-electron chi connectivity index (χ4n) is 7.98. The minimum atomic E-state index is -1.48. The number of methoxy groups -OCH3 is 1. The van der Waals surface area contributed by atoms with Crippen molar-refractivity contribution in [2.75, 3.05) is 7.11 Å². The van der Waals surface area contributed by atoms with Gasteiger partial charge in [0.1, 0.15) is 11.5 Å². The van der Waals surface area contributed by atoms with Crippen molar-refractivity contribution in [2.24, 2.45) is 0 Å². The Labute approximate surface area is 323 Å². The topological polar surface area (TPSA) is 44.8 Å². The van der Waals surface area contributed by atoms with Crippen LogP contribution in [0.15, 0.2) is 36.4 Å². The fourth-order valence-corrected chi connectivity index (χ4v) is 17.1. The van der Waals surface area contributed by atoms with Crippen LogP contribution in [0.5, 0.6) is 11.5 Å². The third-order valence-corrected chi connectivity index (χ3v) is 18.4. The Kier molecular flexibility index (Phi) is 23.1. The molecule has 4 nitrogen and oxygen atoms in total. The van der Waals surface area contributed by atoms with E-state index >= 15 is 0 Å². The molecule has 52 heavy (non-hydrogen) atoms. The SMILES string of the molecule is CCCC[Si](C)(C)O[Si](C)(C)CCCCCCCCCCCCCCCCCCCCC(c1ccc(OC)c(C)c1)c1ccc(OC(C)=O)c(C)c1. The lowest BCUT2D eigenvalue weighted by molar-refractivity contribution is -0.131. The first kappa shape index (κ1) is 46.3. The van der Waals surface area contributed by atoms with Gasteiger partial charge in [-0.1, -0.05) is 160 Å². The third-order valence-electron chi connectivity index (χ3n) is 10.9. The van der Waals surface area contributed by atoms with E-state index in [1.807, 2.05) is 13.0 Å². The number of ether oxygens (including phenoxy) is 2. The smallest absolute Gasteiger partial charge is 0.308 e. The molecule has 0 bridgehead atoms. The third kappa shape index (κ3) is 20.0. The van der Waals surface area contributed by atoms with Crippen LogP contribution in [0.4, 0.5) is 0 Å². The van der Waals surface area contributed by atoms with E-state index in [2.05, 4.69) is 70.4 Å². The van der Waals surface area contributed by atoms with Gasteiger partial charge in [0.05, 0.1) is 7.11 Å². The average Bonchev–Trinajstić information content (AvgIpc) is 3.08. The van der Waals surface area contributed by atoms with Gasteiger partial charge in [0.15, 0.2) is 16.6 Å². The van der Waals surface area contributed by atoms with Gasteiger partial charge < -0.3 is 13.6 Å². The minimum absolute atomic E-state index is 0.276. The number of hydrogen-bond donors (Lipinski definition) is 0. The molecule has 0 aliphatic carbocycles. The predicted octanol–water partition coefficient (Wildman–Crippen LogP) is 15.0. The summed E-state index contributed by atoms with van der Waals surface area (Å²) in [6.45, 7) is 17.7. The van der Waals surface area contributed by atoms with Crippen LogP contribution in [0.25, 0.3) is 0 Å². The number of carbonyl (C=O) groups is 1. The van der Waals surface area contributed by atoms with Crippen molar-refractivity contribution in [3.63, 3.8) is 0 Å². The molecule has 0 saturated heterocycles. The normalized spacial score (nSPS) is 12.6. The number of aryl methyl sites for hydroxylation is 2. The molecule has 0 fully saturated rings. The first-order valence-electron chi connectivity index (χ1n) is 21.5. The van der Waals surface area contributed by atoms with Gasteiger partial charge in [-0.2, -0.15) is 0 Å². The van der Waals surface area contributed by atoms with Crippen LogP contribution >= 0.6 is 0 Å². The molecule has 2 rings (SSSR count). The van der Waals surface area contributed by atoms with Crippen molar-refractivity contribution < 1.29 is 18.4 Å². The summed E-state index contributed by atoms with van der Waals surface area (Å²) in [4.78, 5) is 11.5. The van der Waals surface area contributed by atoms with Gasteiger partial charge in [-0.3, -0.25) is 4.79 Å². The van der Waals surface area contributed by atoms with Crippen molar-refractivity contribution >= 4 is 22.6 Å². The summed E-state index contributed by atoms with van der Waals surface area (Å²) in [5.41, 5.74) is 4.79. The summed E-state index contributed by atoms with van der Waals surface area (Å²) >= 11 is 0. The predicted molar refractivity (Wildman–Crippen MR) is 230 cm³/mol. The van der Waals surface area contributed by atoms with Crippen molar-refractivity contribution in [1.29, 1.82) is 0 Å². The van der Waals surface area contributed by atoms with Crippen LogP contribution in [0.3, 0.4) is 0 Å². The van der Waals surface area contributed by atoms with Crippen molar-refractivity contribution in [3.05, 3.63) is 58.7 Å². The molecule has 0 spiro atoms. The zero-order valence-corrected chi connectivity index (χ0v) is 37.4. The van der Waals surface area contributed by atoms with Gasteiger partial charge >= 0.3 is 5.97 Å². The van der Waals surface area contributed by atoms with E-state index in [4.69, 9.17) is 13.6 Å². The highest BCUT2D eigenvalue weighted by molar-refractivity contribution is 6.84. The van der Waals surface area contributed by atoms with E-state index in [-0.39, 0.29) is 5.97 Å². The number of carbonyl (C=O) groups excluding carboxylic acids is 1. The van der Waals surface area contributed by atoms with E-state index in [0.29, 0.717) is 11.7 Å². The molecular weight excluding hydrogens is 673 g/mol. The van der Waals surface area contributed by atoms with Crippen LogP contribution in [-0.4, -0.2) is 29.7 Å². The molecule has 296 valence electrons. The molecule has 1 unspecified atom stereocenters. The standard InChI is InChI=1S/C46H80O4Si2/c1-10-11-35-51(6,7)50-52(8,9)36-29-27-25-23-21-19-17-15-13-12-14-16-18-20-22-24-26-28-30-44(42-31-33-45(48-5)39(2)37-42)43-32-34-46(40(3)38-43)49-41(4)47/h31-34,37-38,44H,10-30,35-36H2,1-9H3. The first-order valence-corrected chi connectivity index (χ1v) is 27.7. The first-order chi connectivity index (χ1) is 24.9. The molecule has 0 radical (unpaired) electrons. The van der Waals surface area contributed by atoms with Crippen molar-refractivity contribution in [1.82, 2.24) is 0 Å². The molecule has 1 atom stereocenters. The van der Waals surface area contributed by atoms with E-state index in [1.165, 1.54) is 164 Å². The van der Waals surface area contributed by atoms with Gasteiger partial charge in [0.2, 0.25) is 0 Å². The Balaban J connectivity index is 1.51. The van der Waals surface area contributed by atoms with Gasteiger partial charge in [-0.25, -0.2) is 0 Å². The Morgan fingerprint density at radius 3 is 1.35 bits per heavy atom. The van der Waals surface area contributed by atoms with Crippen molar-refractivity contribution in [3.8, 4) is 11.5 Å². The Bertz CT molecular complexity index is 1260. The maximum atomic E-state index is 11.5. The summed E-state index contributed by atoms with van der Waals surface area (Å²) in [6.07, 6.45) is 28.7. The average molecular weight is 753 g/mol. The van der Waals surface area contributed by atoms with Gasteiger partial charge in [0, 0.05) is 12.8 Å². The molecule has 0 amide bonds. The van der Waals surface area contributed by atoms with Crippen LogP contribution in [0.2, 0.25) is 38.3 Å². The second-order valence-electron chi connectivity index (χ2n) is 17.0. The molecule has 0 heterocycles. The summed E-state index contributed by atoms with van der Waals surface area (Å²) < 4.78 is 17.7. The highest BCUT2D eigenvalue weighted by Gasteiger charge is 2.32. The van der Waals surface area contributed by atoms with E-state index in [1.54, 1.807) is 7.11 Å². The Morgan fingerprint density at radius 2 is 0.962 bits per heavy atom. The number of esters is 1. The molecule has 0 aromatic heterocycles. The second kappa shape index (κ2) is 26.0. The van der Waals surface area contributed by atoms with Crippen molar-refractivity contribution in [2.45, 2.75) is 207 Å². The monoisotopic (exact) mass is 753 g/mol. The summed E-state index contributed by atoms with van der Waals surface area (Å²) in [5, 5.41) is 0. The second-order valence-corrected chi connectivity index (χ2v) is 25.9. The molecular formula is C46H80O4Si2. The number of rotatable bonds is 30. The van der Waals surface area contributed by atoms with Crippen LogP contribution < -0.4 is 9.47 Å². The molecule has 0 saturated carbocycles. The maximum Gasteiger partial charge on any atom is 0.308 e. The van der Waals surface area contributed by atoms with Gasteiger partial charge in [0.25, 0.3) is 0 Å². The lowest BCUT2D eigenvalue weighted by atomic mass is 9.85. The largest absolute Gasteiger partial charge is 0.496 e. The summed E-state index contributed by atoms with van der Waals surface area (Å²) in [7, 11) is -1.20. The lowest BCUT2D eigenvalue weighted by Gasteiger charge is -2.34. The zero-order chi connectivity index (χ0) is 38.2. The highest BCUT2D eigenvalue weighted by Crippen LogP contribution is 2.35. The maximum absolute atomic E-state index is 11.5. The number of hydrogen-bond acceptors (Lipinski definition) is 4. The van der Waals surface area contributed by atoms with Crippen LogP contribution in [0.1, 0.15) is 177 Å². The highest BCUT2D eigenvalue weighted by atomic mass is 28.4. The molecule has 0 aliphatic rings. The number of benzene rings is 2. The van der Waals surface area contributed by atoms with Crippen LogP contribution in [-0.2, 0) is 8.91 Å². The lowest BCUT2D eigenvalue weighted by Crippen LogP contribution is -2.44. The van der Waals surface area contributed by atoms with Gasteiger partial charge in [-0.05, 0) is 92.9 Å². The molecule has 2 aromatic rings. The zero-order valence-electron chi connectivity index (χ0n) is 35.4. The molecule has 2 aromatic carbocycles. The summed E-state index contributed by atoms with van der Waals surface area (Å²) in [5.74, 6) is 1.62. The molecule has 0 aliphatic heterocycles. The van der Waals surface area contributed by atoms with Gasteiger partial charge in [-0.15, -0.1) is 0 Å². The fraction of sp³-hybridized carbons (Fsp3) is 0.717. The van der Waals surface area contributed by atoms with Crippen LogP contribution in [0, 0.1) is 13.8 Å². The minimum Gasteiger partial charge on any atom is -0.496 e. The Hall–Kier alpha value is -1.90. The summed E-state index contributed by atoms with van der Waals surface area (Å²) in [6, 6.07) is 15.5. The van der Waals surface area contributed by atoms with E-state index in [9.17, 15) is 4.79 Å². The number of unbranched alkanes of at least 4 members (excludes halogenated alkanes) is 18. The van der Waals surface area contributed by atoms with E-state index in [0.717, 1.165) is 17.7 Å². The molecule has 0 N–H and O–H groups in total. The van der Waals surface area contributed by atoms with E-state index < -0.39 is 16.6 Å². The quantitative estimate of drug-likeness (QED) is 0.0345.